The lowest BCUT2D eigenvalue weighted by molar-refractivity contribution is -0.157. The molecule has 0 amide bonds. The summed E-state index contributed by atoms with van der Waals surface area (Å²) in [5, 5.41) is 0. The molecule has 3 nitrogen and oxygen atoms in total. The molecule has 1 aromatic rings. The number of rotatable bonds is 4. The van der Waals surface area contributed by atoms with Gasteiger partial charge >= 0.3 is 12.6 Å². The van der Waals surface area contributed by atoms with Crippen LogP contribution < -0.4 is 4.74 Å². The van der Waals surface area contributed by atoms with Gasteiger partial charge in [-0.2, -0.15) is 8.78 Å². The van der Waals surface area contributed by atoms with Crippen LogP contribution in [0, 0.1) is 0 Å². The molecule has 1 saturated carbocycles. The summed E-state index contributed by atoms with van der Waals surface area (Å²) in [6.45, 7) is -1.45. The van der Waals surface area contributed by atoms with E-state index in [9.17, 15) is 13.6 Å². The molecule has 1 fully saturated rings. The topological polar surface area (TPSA) is 35.5 Å². The van der Waals surface area contributed by atoms with Crippen molar-refractivity contribution in [2.75, 3.05) is 0 Å². The number of carbonyl (C=O) groups excluding carboxylic acids is 1. The van der Waals surface area contributed by atoms with Gasteiger partial charge in [-0.1, -0.05) is 12.1 Å². The van der Waals surface area contributed by atoms with Crippen LogP contribution >= 0.6 is 0 Å². The van der Waals surface area contributed by atoms with E-state index in [4.69, 9.17) is 4.74 Å². The quantitative estimate of drug-likeness (QED) is 0.784. The van der Waals surface area contributed by atoms with E-state index in [1.165, 1.54) is 19.1 Å². The molecule has 0 bridgehead atoms. The maximum Gasteiger partial charge on any atom is 0.387 e. The molecule has 0 heterocycles. The fraction of sp³-hybridized carbons (Fsp3) is 0.500. The third kappa shape index (κ3) is 3.22. The number of ether oxygens (including phenoxy) is 2. The van der Waals surface area contributed by atoms with Gasteiger partial charge in [-0.15, -0.1) is 0 Å². The third-order valence-electron chi connectivity index (χ3n) is 3.36. The van der Waals surface area contributed by atoms with E-state index < -0.39 is 12.2 Å². The van der Waals surface area contributed by atoms with Crippen LogP contribution in [0.2, 0.25) is 0 Å². The average Bonchev–Trinajstić information content (AvgIpc) is 2.78. The lowest BCUT2D eigenvalue weighted by Gasteiger charge is -2.29. The number of hydrogen-bond donors (Lipinski definition) is 0. The molecular weight excluding hydrogens is 254 g/mol. The van der Waals surface area contributed by atoms with E-state index in [1.807, 2.05) is 0 Å². The van der Waals surface area contributed by atoms with E-state index in [2.05, 4.69) is 4.74 Å². The molecule has 5 heteroatoms. The predicted molar refractivity (Wildman–Crippen MR) is 65.0 cm³/mol. The second-order valence-electron chi connectivity index (χ2n) is 4.70. The number of esters is 1. The van der Waals surface area contributed by atoms with Gasteiger partial charge in [0.25, 0.3) is 0 Å². The van der Waals surface area contributed by atoms with E-state index in [1.54, 1.807) is 12.1 Å². The molecule has 0 N–H and O–H groups in total. The maximum atomic E-state index is 12.1. The number of benzene rings is 1. The Morgan fingerprint density at radius 1 is 1.21 bits per heavy atom. The van der Waals surface area contributed by atoms with Gasteiger partial charge in [-0.3, -0.25) is 4.79 Å². The molecule has 0 aliphatic heterocycles. The van der Waals surface area contributed by atoms with Crippen molar-refractivity contribution in [3.63, 3.8) is 0 Å². The number of alkyl halides is 2. The van der Waals surface area contributed by atoms with Crippen LogP contribution in [0.1, 0.15) is 38.2 Å². The van der Waals surface area contributed by atoms with Crippen LogP contribution in [-0.2, 0) is 15.1 Å². The molecule has 0 radical (unpaired) electrons. The smallest absolute Gasteiger partial charge is 0.387 e. The SMILES string of the molecule is CC(=O)OC1(c2ccc(OC(F)F)cc2)CCCC1. The van der Waals surface area contributed by atoms with Gasteiger partial charge in [-0.25, -0.2) is 0 Å². The Morgan fingerprint density at radius 2 is 1.79 bits per heavy atom. The monoisotopic (exact) mass is 270 g/mol. The van der Waals surface area contributed by atoms with Crippen LogP contribution in [0.3, 0.4) is 0 Å². The van der Waals surface area contributed by atoms with E-state index >= 15 is 0 Å². The van der Waals surface area contributed by atoms with Gasteiger partial charge in [0.1, 0.15) is 11.4 Å². The molecule has 0 aromatic heterocycles. The summed E-state index contributed by atoms with van der Waals surface area (Å²) >= 11 is 0. The van der Waals surface area contributed by atoms with Crippen LogP contribution in [0.15, 0.2) is 24.3 Å². The van der Waals surface area contributed by atoms with Gasteiger partial charge in [-0.05, 0) is 43.4 Å². The summed E-state index contributed by atoms with van der Waals surface area (Å²) in [5.41, 5.74) is 0.233. The lowest BCUT2D eigenvalue weighted by atomic mass is 9.92. The van der Waals surface area contributed by atoms with Crippen LogP contribution in [-0.4, -0.2) is 12.6 Å². The number of halogens is 2. The van der Waals surface area contributed by atoms with Crippen LogP contribution in [0.25, 0.3) is 0 Å². The zero-order valence-corrected chi connectivity index (χ0v) is 10.7. The largest absolute Gasteiger partial charge is 0.454 e. The first-order valence-corrected chi connectivity index (χ1v) is 6.27. The standard InChI is InChI=1S/C14H16F2O3/c1-10(17)19-14(8-2-3-9-14)11-4-6-12(7-5-11)18-13(15)16/h4-7,13H,2-3,8-9H2,1H3. The molecule has 1 aromatic carbocycles. The Labute approximate surface area is 110 Å². The molecule has 0 unspecified atom stereocenters. The van der Waals surface area contributed by atoms with Crippen molar-refractivity contribution in [2.45, 2.75) is 44.8 Å². The summed E-state index contributed by atoms with van der Waals surface area (Å²) in [4.78, 5) is 11.2. The van der Waals surface area contributed by atoms with Crippen LogP contribution in [0.5, 0.6) is 5.75 Å². The molecule has 0 saturated heterocycles. The van der Waals surface area contributed by atoms with E-state index in [0.717, 1.165) is 31.2 Å². The summed E-state index contributed by atoms with van der Waals surface area (Å²) < 4.78 is 33.9. The zero-order valence-electron chi connectivity index (χ0n) is 10.7. The summed E-state index contributed by atoms with van der Waals surface area (Å²) in [7, 11) is 0. The first kappa shape index (κ1) is 13.8. The van der Waals surface area contributed by atoms with Gasteiger partial charge in [0.2, 0.25) is 0 Å². The van der Waals surface area contributed by atoms with Crippen molar-refractivity contribution in [3.8, 4) is 5.75 Å². The average molecular weight is 270 g/mol. The molecule has 1 aliphatic carbocycles. The van der Waals surface area contributed by atoms with Crippen molar-refractivity contribution in [3.05, 3.63) is 29.8 Å². The highest BCUT2D eigenvalue weighted by Gasteiger charge is 2.38. The maximum absolute atomic E-state index is 12.1. The predicted octanol–water partition coefficient (Wildman–Crippen LogP) is 3.62. The Balaban J connectivity index is 2.20. The van der Waals surface area contributed by atoms with Gasteiger partial charge < -0.3 is 9.47 Å². The fourth-order valence-corrected chi connectivity index (χ4v) is 2.61. The minimum absolute atomic E-state index is 0.106. The molecule has 0 atom stereocenters. The Morgan fingerprint density at radius 3 is 2.26 bits per heavy atom. The minimum atomic E-state index is -2.83. The molecule has 2 rings (SSSR count). The molecular formula is C14H16F2O3. The summed E-state index contributed by atoms with van der Waals surface area (Å²) in [5.74, 6) is -0.218. The van der Waals surface area contributed by atoms with E-state index in [0.29, 0.717) is 0 Å². The normalized spacial score (nSPS) is 17.5. The molecule has 0 spiro atoms. The molecule has 104 valence electrons. The number of carbonyl (C=O) groups is 1. The van der Waals surface area contributed by atoms with E-state index in [-0.39, 0.29) is 11.7 Å². The Hall–Kier alpha value is -1.65. The van der Waals surface area contributed by atoms with Crippen molar-refractivity contribution in [2.24, 2.45) is 0 Å². The highest BCUT2D eigenvalue weighted by atomic mass is 19.3. The summed E-state index contributed by atoms with van der Waals surface area (Å²) in [6.07, 6.45) is 3.51. The zero-order chi connectivity index (χ0) is 13.9. The second kappa shape index (κ2) is 5.55. The fourth-order valence-electron chi connectivity index (χ4n) is 2.61. The first-order valence-electron chi connectivity index (χ1n) is 6.27. The highest BCUT2D eigenvalue weighted by molar-refractivity contribution is 5.67. The third-order valence-corrected chi connectivity index (χ3v) is 3.36. The van der Waals surface area contributed by atoms with Crippen molar-refractivity contribution < 1.29 is 23.0 Å². The summed E-state index contributed by atoms with van der Waals surface area (Å²) in [6, 6.07) is 6.33. The minimum Gasteiger partial charge on any atom is -0.454 e. The van der Waals surface area contributed by atoms with Crippen molar-refractivity contribution in [1.82, 2.24) is 0 Å². The van der Waals surface area contributed by atoms with Gasteiger partial charge in [0.05, 0.1) is 0 Å². The second-order valence-corrected chi connectivity index (χ2v) is 4.70. The van der Waals surface area contributed by atoms with Gasteiger partial charge in [0, 0.05) is 6.92 Å². The lowest BCUT2D eigenvalue weighted by Crippen LogP contribution is -2.28. The number of hydrogen-bond acceptors (Lipinski definition) is 3. The highest BCUT2D eigenvalue weighted by Crippen LogP contribution is 2.42. The van der Waals surface area contributed by atoms with Gasteiger partial charge in [0.15, 0.2) is 0 Å². The molecule has 1 aliphatic rings. The van der Waals surface area contributed by atoms with Crippen LogP contribution in [0.4, 0.5) is 8.78 Å². The molecule has 19 heavy (non-hydrogen) atoms. The van der Waals surface area contributed by atoms with Crippen molar-refractivity contribution in [1.29, 1.82) is 0 Å². The first-order chi connectivity index (χ1) is 9.02. The Kier molecular flexibility index (Phi) is 4.02. The Bertz CT molecular complexity index is 437. The van der Waals surface area contributed by atoms with Crippen molar-refractivity contribution >= 4 is 5.97 Å².